The molecule has 1 aromatic carbocycles. The van der Waals surface area contributed by atoms with Crippen LogP contribution in [0, 0.1) is 5.82 Å². The average molecular weight is 354 g/mol. The fourth-order valence-electron chi connectivity index (χ4n) is 2.62. The molecule has 0 saturated heterocycles. The van der Waals surface area contributed by atoms with Crippen molar-refractivity contribution < 1.29 is 18.7 Å². The number of nitrogens with zero attached hydrogens (tertiary/aromatic N) is 1. The van der Waals surface area contributed by atoms with Crippen molar-refractivity contribution in [2.45, 2.75) is 19.4 Å². The van der Waals surface area contributed by atoms with Gasteiger partial charge in [0.05, 0.1) is 11.1 Å². The summed E-state index contributed by atoms with van der Waals surface area (Å²) in [5.74, 6) is -0.905. The minimum absolute atomic E-state index is 0.120. The van der Waals surface area contributed by atoms with Crippen LogP contribution in [0.1, 0.15) is 28.4 Å². The third-order valence-corrected chi connectivity index (χ3v) is 3.99. The van der Waals surface area contributed by atoms with Gasteiger partial charge in [0.15, 0.2) is 6.10 Å². The van der Waals surface area contributed by atoms with Gasteiger partial charge in [-0.1, -0.05) is 12.1 Å². The highest BCUT2D eigenvalue weighted by atomic mass is 19.1. The Kier molecular flexibility index (Phi) is 4.88. The van der Waals surface area contributed by atoms with Crippen molar-refractivity contribution in [3.05, 3.63) is 75.5 Å². The minimum atomic E-state index is -1.05. The summed E-state index contributed by atoms with van der Waals surface area (Å²) in [5.41, 5.74) is 1.69. The van der Waals surface area contributed by atoms with Gasteiger partial charge in [-0.3, -0.25) is 19.4 Å². The van der Waals surface area contributed by atoms with Gasteiger partial charge in [-0.15, -0.1) is 0 Å². The maximum Gasteiger partial charge on any atom is 0.293 e. The van der Waals surface area contributed by atoms with Gasteiger partial charge in [0.25, 0.3) is 6.47 Å². The van der Waals surface area contributed by atoms with E-state index in [0.717, 1.165) is 11.1 Å². The summed E-state index contributed by atoms with van der Waals surface area (Å²) in [6.45, 7) is 1.55. The first-order chi connectivity index (χ1) is 12.5. The Morgan fingerprint density at radius 2 is 2.04 bits per heavy atom. The third-order valence-electron chi connectivity index (χ3n) is 3.99. The lowest BCUT2D eigenvalue weighted by Gasteiger charge is -2.09. The molecule has 0 saturated carbocycles. The van der Waals surface area contributed by atoms with E-state index in [-0.39, 0.29) is 23.4 Å². The number of nitrogens with one attached hydrogen (secondary N) is 1. The smallest absolute Gasteiger partial charge is 0.293 e. The van der Waals surface area contributed by atoms with Crippen LogP contribution < -0.4 is 5.43 Å². The van der Waals surface area contributed by atoms with E-state index in [1.165, 1.54) is 25.3 Å². The Balaban J connectivity index is 1.93. The van der Waals surface area contributed by atoms with Crippen molar-refractivity contribution in [1.82, 2.24) is 9.97 Å². The van der Waals surface area contributed by atoms with Crippen LogP contribution in [0.5, 0.6) is 0 Å². The van der Waals surface area contributed by atoms with Crippen molar-refractivity contribution >= 4 is 23.3 Å². The number of hydrogen-bond donors (Lipinski definition) is 1. The number of aromatic amines is 1. The summed E-state index contributed by atoms with van der Waals surface area (Å²) < 4.78 is 17.6. The molecule has 3 aromatic rings. The number of ether oxygens (including phenoxy) is 1. The van der Waals surface area contributed by atoms with Gasteiger partial charge in [0.1, 0.15) is 11.3 Å². The van der Waals surface area contributed by atoms with E-state index < -0.39 is 17.3 Å². The van der Waals surface area contributed by atoms with Crippen molar-refractivity contribution in [3.63, 3.8) is 0 Å². The van der Waals surface area contributed by atoms with E-state index in [9.17, 15) is 18.8 Å². The monoisotopic (exact) mass is 354 g/mol. The Morgan fingerprint density at radius 1 is 1.31 bits per heavy atom. The fourth-order valence-corrected chi connectivity index (χ4v) is 2.62. The fraction of sp³-hybridized carbons (Fsp3) is 0.158. The number of aromatic nitrogens is 2. The number of Topliss-reactive ketones (excluding diaryl/α,β-unsaturated/α-hetero) is 1. The summed E-state index contributed by atoms with van der Waals surface area (Å²) in [4.78, 5) is 42.1. The molecule has 1 N–H and O–H groups in total. The molecular weight excluding hydrogens is 339 g/mol. The van der Waals surface area contributed by atoms with E-state index in [2.05, 4.69) is 14.7 Å². The largest absolute Gasteiger partial charge is 0.456 e. The molecule has 26 heavy (non-hydrogen) atoms. The first-order valence-corrected chi connectivity index (χ1v) is 7.87. The zero-order valence-corrected chi connectivity index (χ0v) is 13.9. The molecule has 132 valence electrons. The van der Waals surface area contributed by atoms with Crippen molar-refractivity contribution in [1.29, 1.82) is 0 Å². The lowest BCUT2D eigenvalue weighted by Crippen LogP contribution is -2.26. The van der Waals surface area contributed by atoms with Gasteiger partial charge in [-0.2, -0.15) is 0 Å². The van der Waals surface area contributed by atoms with Gasteiger partial charge >= 0.3 is 0 Å². The second-order valence-corrected chi connectivity index (χ2v) is 5.81. The second kappa shape index (κ2) is 7.26. The van der Waals surface area contributed by atoms with Crippen LogP contribution >= 0.6 is 0 Å². The predicted molar refractivity (Wildman–Crippen MR) is 92.5 cm³/mol. The van der Waals surface area contributed by atoms with Gasteiger partial charge in [-0.05, 0) is 42.7 Å². The summed E-state index contributed by atoms with van der Waals surface area (Å²) >= 11 is 0. The molecule has 0 fully saturated rings. The van der Waals surface area contributed by atoms with Crippen LogP contribution in [0.3, 0.4) is 0 Å². The highest BCUT2D eigenvalue weighted by Crippen LogP contribution is 2.14. The summed E-state index contributed by atoms with van der Waals surface area (Å²) in [7, 11) is 0. The van der Waals surface area contributed by atoms with Crippen LogP contribution in [0.15, 0.2) is 47.5 Å². The third kappa shape index (κ3) is 3.51. The first-order valence-electron chi connectivity index (χ1n) is 7.87. The van der Waals surface area contributed by atoms with E-state index in [1.807, 2.05) is 0 Å². The molecule has 0 bridgehead atoms. The maximum absolute atomic E-state index is 13.0. The topological polar surface area (TPSA) is 89.1 Å². The molecule has 0 aliphatic carbocycles. The number of hydrogen-bond acceptors (Lipinski definition) is 5. The number of halogens is 1. The van der Waals surface area contributed by atoms with Crippen LogP contribution in [0.25, 0.3) is 11.0 Å². The molecule has 0 aliphatic rings. The quantitative estimate of drug-likeness (QED) is 0.542. The van der Waals surface area contributed by atoms with Crippen molar-refractivity contribution in [2.75, 3.05) is 0 Å². The molecule has 0 amide bonds. The number of benzene rings is 1. The molecule has 0 spiro atoms. The molecule has 1 atom stereocenters. The van der Waals surface area contributed by atoms with E-state index in [4.69, 9.17) is 0 Å². The summed E-state index contributed by atoms with van der Waals surface area (Å²) in [5, 5.41) is 0. The van der Waals surface area contributed by atoms with Gasteiger partial charge < -0.3 is 9.72 Å². The Labute approximate surface area is 147 Å². The first kappa shape index (κ1) is 17.5. The van der Waals surface area contributed by atoms with Crippen LogP contribution in [0.2, 0.25) is 0 Å². The van der Waals surface area contributed by atoms with Crippen LogP contribution in [-0.2, 0) is 16.0 Å². The molecule has 2 aromatic heterocycles. The molecule has 7 heteroatoms. The van der Waals surface area contributed by atoms with E-state index in [1.54, 1.807) is 24.4 Å². The highest BCUT2D eigenvalue weighted by Gasteiger charge is 2.21. The minimum Gasteiger partial charge on any atom is -0.456 e. The zero-order valence-electron chi connectivity index (χ0n) is 13.9. The van der Waals surface area contributed by atoms with E-state index >= 15 is 0 Å². The van der Waals surface area contributed by atoms with Crippen molar-refractivity contribution in [2.24, 2.45) is 0 Å². The zero-order chi connectivity index (χ0) is 18.7. The molecule has 6 nitrogen and oxygen atoms in total. The predicted octanol–water partition coefficient (Wildman–Crippen LogP) is 2.40. The number of rotatable bonds is 6. The average Bonchev–Trinajstić information content (AvgIpc) is 2.63. The van der Waals surface area contributed by atoms with Gasteiger partial charge in [-0.25, -0.2) is 4.39 Å². The number of carbonyl (C=O) groups excluding carboxylic acids is 2. The number of carbonyl (C=O) groups is 2. The lowest BCUT2D eigenvalue weighted by atomic mass is 10.0. The standard InChI is InChI=1S/C19H15FN2O4/c1-11(26-10-23)18(24)15-9-21-16-7-13(8-22-17(16)19(15)25)6-12-2-4-14(20)5-3-12/h2-5,7-11H,6H2,1H3,(H,21,25). The summed E-state index contributed by atoms with van der Waals surface area (Å²) in [6.07, 6.45) is 2.31. The van der Waals surface area contributed by atoms with Crippen LogP contribution in [0.4, 0.5) is 4.39 Å². The summed E-state index contributed by atoms with van der Waals surface area (Å²) in [6, 6.07) is 7.88. The number of pyridine rings is 2. The van der Waals surface area contributed by atoms with E-state index in [0.29, 0.717) is 11.9 Å². The van der Waals surface area contributed by atoms with Crippen molar-refractivity contribution in [3.8, 4) is 0 Å². The second-order valence-electron chi connectivity index (χ2n) is 5.81. The molecular formula is C19H15FN2O4. The molecule has 3 rings (SSSR count). The molecule has 2 heterocycles. The van der Waals surface area contributed by atoms with Gasteiger partial charge in [0, 0.05) is 12.4 Å². The normalized spacial score (nSPS) is 11.9. The Bertz CT molecular complexity index is 1030. The molecule has 0 radical (unpaired) electrons. The molecule has 1 unspecified atom stereocenters. The molecule has 0 aliphatic heterocycles. The number of ketones is 1. The van der Waals surface area contributed by atoms with Crippen LogP contribution in [-0.4, -0.2) is 28.3 Å². The Hall–Kier alpha value is -3.35. The highest BCUT2D eigenvalue weighted by molar-refractivity contribution is 6.01. The SMILES string of the molecule is CC(OC=O)C(=O)c1c[nH]c2cc(Cc3ccc(F)cc3)cnc2c1=O. The number of H-pyrrole nitrogens is 1. The van der Waals surface area contributed by atoms with Gasteiger partial charge in [0.2, 0.25) is 11.2 Å². The Morgan fingerprint density at radius 3 is 2.73 bits per heavy atom. The lowest BCUT2D eigenvalue weighted by molar-refractivity contribution is -0.131. The number of fused-ring (bicyclic) bond motifs is 1. The maximum atomic E-state index is 13.0.